The van der Waals surface area contributed by atoms with Crippen molar-refractivity contribution in [1.82, 2.24) is 15.1 Å². The molecular weight excluding hydrogens is 250 g/mol. The fourth-order valence-corrected chi connectivity index (χ4v) is 3.34. The van der Waals surface area contributed by atoms with Gasteiger partial charge in [-0.25, -0.2) is 0 Å². The van der Waals surface area contributed by atoms with Crippen molar-refractivity contribution in [2.75, 3.05) is 18.1 Å². The molecule has 2 heterocycles. The third kappa shape index (κ3) is 3.05. The van der Waals surface area contributed by atoms with E-state index < -0.39 is 5.60 Å². The molecule has 0 atom stereocenters. The van der Waals surface area contributed by atoms with Gasteiger partial charge in [-0.15, -0.1) is 0 Å². The van der Waals surface area contributed by atoms with Gasteiger partial charge in [0.05, 0.1) is 11.3 Å². The summed E-state index contributed by atoms with van der Waals surface area (Å²) in [6.45, 7) is 2.17. The molecule has 0 radical (unpaired) electrons. The van der Waals surface area contributed by atoms with E-state index >= 15 is 0 Å². The van der Waals surface area contributed by atoms with E-state index in [1.165, 1.54) is 0 Å². The van der Waals surface area contributed by atoms with E-state index in [2.05, 4.69) is 10.4 Å². The maximum Gasteiger partial charge on any atom is 0.269 e. The number of nitrogens with zero attached hydrogens (tertiary/aromatic N) is 2. The number of nitrogens with one attached hydrogen (secondary N) is 1. The second kappa shape index (κ2) is 5.32. The summed E-state index contributed by atoms with van der Waals surface area (Å²) in [4.78, 5) is 12.0. The molecule has 2 N–H and O–H groups in total. The quantitative estimate of drug-likeness (QED) is 0.848. The minimum Gasteiger partial charge on any atom is -0.388 e. The number of aromatic nitrogens is 2. The van der Waals surface area contributed by atoms with E-state index in [1.54, 1.807) is 17.8 Å². The number of aryl methyl sites for hydroxylation is 2. The van der Waals surface area contributed by atoms with Gasteiger partial charge in [-0.1, -0.05) is 0 Å². The molecule has 2 rings (SSSR count). The Labute approximate surface area is 111 Å². The van der Waals surface area contributed by atoms with Gasteiger partial charge in [0.15, 0.2) is 0 Å². The van der Waals surface area contributed by atoms with Gasteiger partial charge in [0.1, 0.15) is 5.69 Å². The summed E-state index contributed by atoms with van der Waals surface area (Å²) in [6.07, 6.45) is 1.48. The van der Waals surface area contributed by atoms with Crippen LogP contribution in [0.2, 0.25) is 0 Å². The lowest BCUT2D eigenvalue weighted by Crippen LogP contribution is -2.45. The Morgan fingerprint density at radius 1 is 1.61 bits per heavy atom. The van der Waals surface area contributed by atoms with E-state index in [-0.39, 0.29) is 5.91 Å². The van der Waals surface area contributed by atoms with Gasteiger partial charge in [-0.3, -0.25) is 9.48 Å². The fourth-order valence-electron chi connectivity index (χ4n) is 2.09. The molecule has 0 aliphatic carbocycles. The molecule has 1 aromatic heterocycles. The van der Waals surface area contributed by atoms with Crippen LogP contribution in [-0.2, 0) is 7.05 Å². The Morgan fingerprint density at radius 2 is 2.28 bits per heavy atom. The summed E-state index contributed by atoms with van der Waals surface area (Å²) in [7, 11) is 1.74. The summed E-state index contributed by atoms with van der Waals surface area (Å²) < 4.78 is 1.56. The molecule has 1 saturated heterocycles. The summed E-state index contributed by atoms with van der Waals surface area (Å²) in [5, 5.41) is 17.2. The zero-order valence-electron chi connectivity index (χ0n) is 10.8. The van der Waals surface area contributed by atoms with Crippen LogP contribution in [0.15, 0.2) is 6.07 Å². The van der Waals surface area contributed by atoms with Crippen LogP contribution in [0, 0.1) is 6.92 Å². The summed E-state index contributed by atoms with van der Waals surface area (Å²) in [5.41, 5.74) is 0.603. The topological polar surface area (TPSA) is 67.2 Å². The fraction of sp³-hybridized carbons (Fsp3) is 0.667. The van der Waals surface area contributed by atoms with Crippen molar-refractivity contribution >= 4 is 17.7 Å². The Bertz CT molecular complexity index is 439. The molecule has 6 heteroatoms. The van der Waals surface area contributed by atoms with Crippen molar-refractivity contribution in [2.45, 2.75) is 25.4 Å². The highest BCUT2D eigenvalue weighted by Crippen LogP contribution is 2.26. The minimum absolute atomic E-state index is 0.176. The van der Waals surface area contributed by atoms with E-state index in [0.29, 0.717) is 12.2 Å². The number of hydrogen-bond donors (Lipinski definition) is 2. The number of aliphatic hydroxyl groups is 1. The number of hydrogen-bond acceptors (Lipinski definition) is 4. The van der Waals surface area contributed by atoms with Crippen LogP contribution < -0.4 is 5.32 Å². The molecule has 1 amide bonds. The molecule has 1 aliphatic rings. The molecular formula is C12H19N3O2S. The smallest absolute Gasteiger partial charge is 0.269 e. The van der Waals surface area contributed by atoms with Gasteiger partial charge < -0.3 is 10.4 Å². The van der Waals surface area contributed by atoms with E-state index in [4.69, 9.17) is 0 Å². The van der Waals surface area contributed by atoms with Gasteiger partial charge in [0.2, 0.25) is 0 Å². The Balaban J connectivity index is 1.94. The molecule has 18 heavy (non-hydrogen) atoms. The van der Waals surface area contributed by atoms with E-state index in [0.717, 1.165) is 30.0 Å². The monoisotopic (exact) mass is 269 g/mol. The zero-order valence-corrected chi connectivity index (χ0v) is 11.6. The van der Waals surface area contributed by atoms with Crippen LogP contribution in [0.25, 0.3) is 0 Å². The second-order valence-electron chi connectivity index (χ2n) is 4.81. The van der Waals surface area contributed by atoms with Crippen LogP contribution >= 0.6 is 11.8 Å². The van der Waals surface area contributed by atoms with Crippen LogP contribution in [0.5, 0.6) is 0 Å². The second-order valence-corrected chi connectivity index (χ2v) is 6.04. The number of carbonyl (C=O) groups is 1. The third-order valence-electron chi connectivity index (χ3n) is 3.24. The van der Waals surface area contributed by atoms with E-state index in [1.807, 2.05) is 18.7 Å². The van der Waals surface area contributed by atoms with Crippen molar-refractivity contribution < 1.29 is 9.90 Å². The molecule has 0 bridgehead atoms. The van der Waals surface area contributed by atoms with Gasteiger partial charge >= 0.3 is 0 Å². The van der Waals surface area contributed by atoms with Crippen molar-refractivity contribution in [3.8, 4) is 0 Å². The van der Waals surface area contributed by atoms with Crippen molar-refractivity contribution in [3.05, 3.63) is 17.5 Å². The summed E-state index contributed by atoms with van der Waals surface area (Å²) in [6, 6.07) is 1.75. The van der Waals surface area contributed by atoms with Crippen LogP contribution in [-0.4, -0.2) is 44.4 Å². The van der Waals surface area contributed by atoms with Gasteiger partial charge in [0.25, 0.3) is 5.91 Å². The Kier molecular flexibility index (Phi) is 3.97. The first-order valence-corrected chi connectivity index (χ1v) is 7.25. The molecule has 0 saturated carbocycles. The summed E-state index contributed by atoms with van der Waals surface area (Å²) >= 11 is 1.85. The van der Waals surface area contributed by atoms with Crippen molar-refractivity contribution in [1.29, 1.82) is 0 Å². The first-order valence-electron chi connectivity index (χ1n) is 6.09. The first-order chi connectivity index (χ1) is 8.50. The lowest BCUT2D eigenvalue weighted by molar-refractivity contribution is 0.0310. The lowest BCUT2D eigenvalue weighted by atomic mass is 9.97. The highest BCUT2D eigenvalue weighted by molar-refractivity contribution is 7.99. The number of rotatable bonds is 3. The highest BCUT2D eigenvalue weighted by Gasteiger charge is 2.30. The number of carbonyl (C=O) groups excluding carboxylic acids is 1. The van der Waals surface area contributed by atoms with Crippen LogP contribution in [0.1, 0.15) is 29.0 Å². The number of thioether (sulfide) groups is 1. The minimum atomic E-state index is -0.742. The van der Waals surface area contributed by atoms with Crippen LogP contribution in [0.4, 0.5) is 0 Å². The normalized spacial score (nSPS) is 18.6. The van der Waals surface area contributed by atoms with E-state index in [9.17, 15) is 9.90 Å². The number of amides is 1. The van der Waals surface area contributed by atoms with Crippen molar-refractivity contribution in [3.63, 3.8) is 0 Å². The maximum absolute atomic E-state index is 12.0. The van der Waals surface area contributed by atoms with Gasteiger partial charge in [0, 0.05) is 13.6 Å². The van der Waals surface area contributed by atoms with Crippen LogP contribution in [0.3, 0.4) is 0 Å². The maximum atomic E-state index is 12.0. The van der Waals surface area contributed by atoms with Gasteiger partial charge in [-0.05, 0) is 37.3 Å². The molecule has 1 aliphatic heterocycles. The molecule has 1 aromatic rings. The standard InChI is InChI=1S/C12H19N3O2S/c1-9-7-10(15(2)14-9)11(16)13-8-12(17)3-5-18-6-4-12/h7,17H,3-6,8H2,1-2H3,(H,13,16). The predicted molar refractivity (Wildman–Crippen MR) is 71.8 cm³/mol. The molecule has 1 fully saturated rings. The average Bonchev–Trinajstić information content (AvgIpc) is 2.67. The Morgan fingerprint density at radius 3 is 2.83 bits per heavy atom. The predicted octanol–water partition coefficient (Wildman–Crippen LogP) is 0.716. The highest BCUT2D eigenvalue weighted by atomic mass is 32.2. The molecule has 0 unspecified atom stereocenters. The molecule has 100 valence electrons. The average molecular weight is 269 g/mol. The van der Waals surface area contributed by atoms with Crippen molar-refractivity contribution in [2.24, 2.45) is 7.05 Å². The van der Waals surface area contributed by atoms with Gasteiger partial charge in [-0.2, -0.15) is 16.9 Å². The zero-order chi connectivity index (χ0) is 13.2. The SMILES string of the molecule is Cc1cc(C(=O)NCC2(O)CCSCC2)n(C)n1. The lowest BCUT2D eigenvalue weighted by Gasteiger charge is -2.31. The Hall–Kier alpha value is -1.01. The largest absolute Gasteiger partial charge is 0.388 e. The molecule has 5 nitrogen and oxygen atoms in total. The molecule has 0 spiro atoms. The molecule has 0 aromatic carbocycles. The summed E-state index contributed by atoms with van der Waals surface area (Å²) in [5.74, 6) is 1.73. The first kappa shape index (κ1) is 13.4. The third-order valence-corrected chi connectivity index (χ3v) is 4.22.